The molecule has 0 unspecified atom stereocenters. The first kappa shape index (κ1) is 23.5. The second-order valence-corrected chi connectivity index (χ2v) is 8.25. The topological polar surface area (TPSA) is 67.9 Å². The predicted octanol–water partition coefficient (Wildman–Crippen LogP) is 4.71. The van der Waals surface area contributed by atoms with Crippen LogP contribution >= 0.6 is 0 Å². The number of ether oxygens (including phenoxy) is 2. The molecular formula is C26H32N2O4. The van der Waals surface area contributed by atoms with E-state index in [9.17, 15) is 9.59 Å². The van der Waals surface area contributed by atoms with Gasteiger partial charge in [0.25, 0.3) is 11.8 Å². The quantitative estimate of drug-likeness (QED) is 0.547. The minimum atomic E-state index is -0.350. The van der Waals surface area contributed by atoms with E-state index in [0.717, 1.165) is 23.1 Å². The molecule has 6 nitrogen and oxygen atoms in total. The zero-order valence-electron chi connectivity index (χ0n) is 19.5. The van der Waals surface area contributed by atoms with Gasteiger partial charge in [0.15, 0.2) is 0 Å². The standard InChI is InChI=1S/C26H32N2O4/c1-6-13-32-21-9-7-8-20(16-21)27-24-23(22-11-10-18(4)15-19(22)5)25(29)28(26(24)30)12-14-31-17(2)3/h7-11,15-17,27H,6,12-14H2,1-5H3. The molecule has 1 N–H and O–H groups in total. The van der Waals surface area contributed by atoms with Gasteiger partial charge >= 0.3 is 0 Å². The summed E-state index contributed by atoms with van der Waals surface area (Å²) < 4.78 is 11.3. The summed E-state index contributed by atoms with van der Waals surface area (Å²) in [6.07, 6.45) is 0.929. The van der Waals surface area contributed by atoms with E-state index >= 15 is 0 Å². The summed E-state index contributed by atoms with van der Waals surface area (Å²) >= 11 is 0. The highest BCUT2D eigenvalue weighted by molar-refractivity contribution is 6.36. The molecule has 0 aliphatic carbocycles. The van der Waals surface area contributed by atoms with Gasteiger partial charge in [-0.3, -0.25) is 14.5 Å². The maximum absolute atomic E-state index is 13.4. The lowest BCUT2D eigenvalue weighted by Gasteiger charge is -2.16. The fraction of sp³-hybridized carbons (Fsp3) is 0.385. The molecule has 1 heterocycles. The zero-order valence-corrected chi connectivity index (χ0v) is 19.5. The summed E-state index contributed by atoms with van der Waals surface area (Å²) in [7, 11) is 0. The number of anilines is 1. The SMILES string of the molecule is CCCOc1cccc(NC2=C(c3ccc(C)cc3C)C(=O)N(CCOC(C)C)C2=O)c1. The van der Waals surface area contributed by atoms with Gasteiger partial charge in [0, 0.05) is 11.8 Å². The number of nitrogens with zero attached hydrogens (tertiary/aromatic N) is 1. The number of nitrogens with one attached hydrogen (secondary N) is 1. The first-order chi connectivity index (χ1) is 15.3. The van der Waals surface area contributed by atoms with E-state index in [-0.39, 0.29) is 30.2 Å². The molecule has 170 valence electrons. The van der Waals surface area contributed by atoms with Crippen molar-refractivity contribution in [3.63, 3.8) is 0 Å². The average molecular weight is 437 g/mol. The van der Waals surface area contributed by atoms with Gasteiger partial charge in [-0.2, -0.15) is 0 Å². The van der Waals surface area contributed by atoms with Gasteiger partial charge < -0.3 is 14.8 Å². The lowest BCUT2D eigenvalue weighted by Crippen LogP contribution is -2.35. The van der Waals surface area contributed by atoms with Crippen LogP contribution in [-0.2, 0) is 14.3 Å². The lowest BCUT2D eigenvalue weighted by atomic mass is 9.97. The number of carbonyl (C=O) groups is 2. The number of carbonyl (C=O) groups excluding carboxylic acids is 2. The molecule has 0 atom stereocenters. The van der Waals surface area contributed by atoms with Crippen molar-refractivity contribution in [3.05, 3.63) is 64.9 Å². The number of amides is 2. The predicted molar refractivity (Wildman–Crippen MR) is 126 cm³/mol. The van der Waals surface area contributed by atoms with Crippen LogP contribution in [-0.4, -0.2) is 42.6 Å². The van der Waals surface area contributed by atoms with Crippen molar-refractivity contribution in [2.45, 2.75) is 47.1 Å². The summed E-state index contributed by atoms with van der Waals surface area (Å²) in [5.41, 5.74) is 4.15. The van der Waals surface area contributed by atoms with Crippen LogP contribution in [0.5, 0.6) is 5.75 Å². The monoisotopic (exact) mass is 436 g/mol. The largest absolute Gasteiger partial charge is 0.494 e. The second kappa shape index (κ2) is 10.5. The maximum Gasteiger partial charge on any atom is 0.278 e. The molecule has 0 saturated carbocycles. The molecule has 3 rings (SSSR count). The summed E-state index contributed by atoms with van der Waals surface area (Å²) in [4.78, 5) is 27.9. The normalized spacial score (nSPS) is 14.0. The highest BCUT2D eigenvalue weighted by atomic mass is 16.5. The molecule has 0 saturated heterocycles. The van der Waals surface area contributed by atoms with Gasteiger partial charge in [-0.15, -0.1) is 0 Å². The number of imide groups is 1. The third-order valence-electron chi connectivity index (χ3n) is 5.16. The summed E-state index contributed by atoms with van der Waals surface area (Å²) in [5, 5.41) is 3.20. The molecule has 2 aromatic rings. The Morgan fingerprint density at radius 3 is 2.47 bits per heavy atom. The Morgan fingerprint density at radius 1 is 1.00 bits per heavy atom. The molecule has 6 heteroatoms. The van der Waals surface area contributed by atoms with Crippen LogP contribution in [0.1, 0.15) is 43.9 Å². The fourth-order valence-electron chi connectivity index (χ4n) is 3.65. The molecule has 0 spiro atoms. The number of benzene rings is 2. The Labute approximate surface area is 190 Å². The van der Waals surface area contributed by atoms with E-state index in [1.54, 1.807) is 0 Å². The van der Waals surface area contributed by atoms with Crippen molar-refractivity contribution < 1.29 is 19.1 Å². The molecule has 0 fully saturated rings. The van der Waals surface area contributed by atoms with Crippen molar-refractivity contribution in [1.29, 1.82) is 0 Å². The Balaban J connectivity index is 1.97. The first-order valence-electron chi connectivity index (χ1n) is 11.1. The highest BCUT2D eigenvalue weighted by Crippen LogP contribution is 2.33. The number of rotatable bonds is 10. The average Bonchev–Trinajstić information content (AvgIpc) is 2.97. The van der Waals surface area contributed by atoms with Crippen LogP contribution in [0.2, 0.25) is 0 Å². The summed E-state index contributed by atoms with van der Waals surface area (Å²) in [6, 6.07) is 13.3. The number of hydrogen-bond donors (Lipinski definition) is 1. The van der Waals surface area contributed by atoms with Crippen LogP contribution in [0.15, 0.2) is 48.2 Å². The van der Waals surface area contributed by atoms with Gasteiger partial charge in [-0.25, -0.2) is 0 Å². The van der Waals surface area contributed by atoms with E-state index in [2.05, 4.69) is 5.32 Å². The number of hydrogen-bond acceptors (Lipinski definition) is 5. The Bertz CT molecular complexity index is 1030. The van der Waals surface area contributed by atoms with E-state index in [4.69, 9.17) is 9.47 Å². The third kappa shape index (κ3) is 5.37. The fourth-order valence-corrected chi connectivity index (χ4v) is 3.65. The first-order valence-corrected chi connectivity index (χ1v) is 11.1. The molecule has 0 aromatic heterocycles. The molecule has 1 aliphatic rings. The van der Waals surface area contributed by atoms with Crippen LogP contribution in [0.25, 0.3) is 5.57 Å². The Morgan fingerprint density at radius 2 is 1.78 bits per heavy atom. The zero-order chi connectivity index (χ0) is 23.3. The van der Waals surface area contributed by atoms with Gasteiger partial charge in [0.05, 0.1) is 31.4 Å². The maximum atomic E-state index is 13.4. The molecule has 0 bridgehead atoms. The van der Waals surface area contributed by atoms with Crippen molar-refractivity contribution >= 4 is 23.1 Å². The highest BCUT2D eigenvalue weighted by Gasteiger charge is 2.39. The smallest absolute Gasteiger partial charge is 0.278 e. The molecule has 2 aromatic carbocycles. The van der Waals surface area contributed by atoms with Crippen molar-refractivity contribution in [3.8, 4) is 5.75 Å². The molecule has 32 heavy (non-hydrogen) atoms. The summed E-state index contributed by atoms with van der Waals surface area (Å²) in [6.45, 7) is 11.0. The van der Waals surface area contributed by atoms with Gasteiger partial charge in [0.2, 0.25) is 0 Å². The Hall–Kier alpha value is -3.12. The van der Waals surface area contributed by atoms with Crippen LogP contribution in [0.4, 0.5) is 5.69 Å². The second-order valence-electron chi connectivity index (χ2n) is 8.25. The van der Waals surface area contributed by atoms with E-state index in [0.29, 0.717) is 30.2 Å². The minimum absolute atomic E-state index is 0.0260. The minimum Gasteiger partial charge on any atom is -0.494 e. The van der Waals surface area contributed by atoms with Gasteiger partial charge in [0.1, 0.15) is 11.4 Å². The summed E-state index contributed by atoms with van der Waals surface area (Å²) in [5.74, 6) is 0.0527. The van der Waals surface area contributed by atoms with Crippen LogP contribution < -0.4 is 10.1 Å². The van der Waals surface area contributed by atoms with E-state index < -0.39 is 0 Å². The Kier molecular flexibility index (Phi) is 7.70. The molecule has 1 aliphatic heterocycles. The molecule has 2 amide bonds. The van der Waals surface area contributed by atoms with Crippen molar-refractivity contribution in [2.75, 3.05) is 25.1 Å². The van der Waals surface area contributed by atoms with E-state index in [1.165, 1.54) is 4.90 Å². The molecule has 0 radical (unpaired) electrons. The molecular weight excluding hydrogens is 404 g/mol. The number of aryl methyl sites for hydroxylation is 2. The van der Waals surface area contributed by atoms with Gasteiger partial charge in [-0.05, 0) is 57.4 Å². The van der Waals surface area contributed by atoms with Crippen LogP contribution in [0.3, 0.4) is 0 Å². The third-order valence-corrected chi connectivity index (χ3v) is 5.16. The van der Waals surface area contributed by atoms with Crippen molar-refractivity contribution in [2.24, 2.45) is 0 Å². The van der Waals surface area contributed by atoms with Crippen molar-refractivity contribution in [1.82, 2.24) is 4.90 Å². The van der Waals surface area contributed by atoms with E-state index in [1.807, 2.05) is 77.1 Å². The lowest BCUT2D eigenvalue weighted by molar-refractivity contribution is -0.137. The van der Waals surface area contributed by atoms with Gasteiger partial charge in [-0.1, -0.05) is 36.8 Å². The van der Waals surface area contributed by atoms with Crippen LogP contribution in [0, 0.1) is 13.8 Å².